The summed E-state index contributed by atoms with van der Waals surface area (Å²) in [6, 6.07) is -0.531. The molecule has 0 aliphatic rings. The minimum Gasteiger partial charge on any atom is -0.334 e. The molecule has 2 aromatic heterocycles. The Bertz CT molecular complexity index is 458. The molecule has 12 nitrogen and oxygen atoms in total. The third-order valence-corrected chi connectivity index (χ3v) is 1.39. The number of nitrogens with zero attached hydrogens (tertiary/aromatic N) is 7. The van der Waals surface area contributed by atoms with Crippen molar-refractivity contribution in [3.8, 4) is 12.0 Å². The van der Waals surface area contributed by atoms with Crippen LogP contribution in [-0.2, 0) is 0 Å². The Morgan fingerprint density at radius 3 is 1.81 bits per heavy atom. The molecule has 84 valence electrons. The van der Waals surface area contributed by atoms with Gasteiger partial charge in [-0.2, -0.15) is 9.35 Å². The standard InChI is InChI=1S/C4H6N9O3/c5-11-1-7-9-3(11)15-13(14)16-4-10-8-2-12(4)6/h1-2H,5-6H2/q+1. The lowest BCUT2D eigenvalue weighted by molar-refractivity contribution is -0.923. The van der Waals surface area contributed by atoms with Gasteiger partial charge in [-0.25, -0.2) is 0 Å². The third kappa shape index (κ3) is 1.79. The molecule has 0 radical (unpaired) electrons. The fourth-order valence-corrected chi connectivity index (χ4v) is 0.747. The van der Waals surface area contributed by atoms with Gasteiger partial charge in [0.1, 0.15) is 17.6 Å². The van der Waals surface area contributed by atoms with E-state index in [2.05, 4.69) is 30.1 Å². The number of hydrogen-bond acceptors (Lipinski definition) is 9. The molecule has 0 fully saturated rings. The lowest BCUT2D eigenvalue weighted by Gasteiger charge is -1.92. The van der Waals surface area contributed by atoms with Crippen molar-refractivity contribution < 1.29 is 14.8 Å². The van der Waals surface area contributed by atoms with E-state index in [9.17, 15) is 4.91 Å². The van der Waals surface area contributed by atoms with E-state index in [4.69, 9.17) is 11.7 Å². The summed E-state index contributed by atoms with van der Waals surface area (Å²) in [5, 5.41) is 13.2. The van der Waals surface area contributed by atoms with E-state index in [-0.39, 0.29) is 17.1 Å². The fraction of sp³-hybridized carbons (Fsp3) is 0. The van der Waals surface area contributed by atoms with Gasteiger partial charge in [0.05, 0.1) is 0 Å². The van der Waals surface area contributed by atoms with Crippen LogP contribution < -0.4 is 21.4 Å². The van der Waals surface area contributed by atoms with Crippen LogP contribution in [-0.4, -0.2) is 34.8 Å². The van der Waals surface area contributed by atoms with Crippen LogP contribution in [0.25, 0.3) is 0 Å². The molecule has 2 rings (SSSR count). The molecule has 12 heteroatoms. The van der Waals surface area contributed by atoms with Crippen molar-refractivity contribution in [3.05, 3.63) is 17.6 Å². The van der Waals surface area contributed by atoms with Crippen molar-refractivity contribution in [1.82, 2.24) is 29.7 Å². The number of rotatable bonds is 4. The molecule has 0 amide bonds. The normalized spacial score (nSPS) is 10.0. The molecule has 0 spiro atoms. The molecule has 0 bridgehead atoms. The maximum absolute atomic E-state index is 11.1. The van der Waals surface area contributed by atoms with Gasteiger partial charge in [0, 0.05) is 0 Å². The Balaban J connectivity index is 2.00. The minimum atomic E-state index is -0.291. The molecule has 0 saturated heterocycles. The predicted octanol–water partition coefficient (Wildman–Crippen LogP) is -2.64. The molecule has 0 aliphatic heterocycles. The zero-order valence-electron chi connectivity index (χ0n) is 7.66. The van der Waals surface area contributed by atoms with Gasteiger partial charge < -0.3 is 11.7 Å². The van der Waals surface area contributed by atoms with Crippen LogP contribution in [0.15, 0.2) is 12.7 Å². The summed E-state index contributed by atoms with van der Waals surface area (Å²) in [5.74, 6) is 10.6. The van der Waals surface area contributed by atoms with Crippen molar-refractivity contribution >= 4 is 0 Å². The Labute approximate surface area is 86.8 Å². The van der Waals surface area contributed by atoms with Crippen molar-refractivity contribution in [3.63, 3.8) is 0 Å². The Morgan fingerprint density at radius 1 is 1.06 bits per heavy atom. The largest absolute Gasteiger partial charge is 0.495 e. The number of hydrogen-bond donors (Lipinski definition) is 2. The topological polar surface area (TPSA) is 152 Å². The molecule has 0 aliphatic carbocycles. The molecular formula is C4H6N9O3+. The molecule has 0 aromatic carbocycles. The van der Waals surface area contributed by atoms with Gasteiger partial charge in [-0.15, -0.1) is 10.2 Å². The van der Waals surface area contributed by atoms with Gasteiger partial charge in [0.25, 0.3) is 0 Å². The zero-order chi connectivity index (χ0) is 11.5. The monoisotopic (exact) mass is 228 g/mol. The smallest absolute Gasteiger partial charge is 0.334 e. The summed E-state index contributed by atoms with van der Waals surface area (Å²) < 4.78 is 1.75. The first kappa shape index (κ1) is 9.63. The second-order valence-corrected chi connectivity index (χ2v) is 2.45. The molecule has 16 heavy (non-hydrogen) atoms. The van der Waals surface area contributed by atoms with Gasteiger partial charge in [0.15, 0.2) is 0 Å². The average Bonchev–Trinajstić information content (AvgIpc) is 2.79. The summed E-state index contributed by atoms with van der Waals surface area (Å²) in [5.41, 5.74) is 0. The highest BCUT2D eigenvalue weighted by Gasteiger charge is 2.24. The summed E-state index contributed by atoms with van der Waals surface area (Å²) >= 11 is 0. The van der Waals surface area contributed by atoms with Crippen LogP contribution in [0.2, 0.25) is 0 Å². The molecule has 2 aromatic rings. The first-order valence-corrected chi connectivity index (χ1v) is 3.80. The predicted molar refractivity (Wildman–Crippen MR) is 45.2 cm³/mol. The van der Waals surface area contributed by atoms with Gasteiger partial charge in [-0.05, 0) is 0 Å². The maximum atomic E-state index is 11.1. The molecular weight excluding hydrogens is 222 g/mol. The van der Waals surface area contributed by atoms with Gasteiger partial charge in [-0.1, -0.05) is 19.9 Å². The summed E-state index contributed by atoms with van der Waals surface area (Å²) in [4.78, 5) is 20.1. The molecule has 2 heterocycles. The summed E-state index contributed by atoms with van der Waals surface area (Å²) in [6.07, 6.45) is 2.27. The second-order valence-electron chi connectivity index (χ2n) is 2.45. The maximum Gasteiger partial charge on any atom is 0.495 e. The highest BCUT2D eigenvalue weighted by atomic mass is 17.0. The highest BCUT2D eigenvalue weighted by Crippen LogP contribution is 2.03. The Kier molecular flexibility index (Phi) is 2.21. The van der Waals surface area contributed by atoms with E-state index < -0.39 is 0 Å². The van der Waals surface area contributed by atoms with E-state index in [0.717, 1.165) is 22.0 Å². The number of nitrogen functional groups attached to an aromatic ring is 2. The molecule has 0 atom stereocenters. The summed E-state index contributed by atoms with van der Waals surface area (Å²) in [6.45, 7) is 0. The Hall–Kier alpha value is -2.92. The second kappa shape index (κ2) is 3.68. The van der Waals surface area contributed by atoms with Crippen molar-refractivity contribution in [2.75, 3.05) is 11.7 Å². The van der Waals surface area contributed by atoms with E-state index in [1.165, 1.54) is 0 Å². The van der Waals surface area contributed by atoms with Gasteiger partial charge in [-0.3, -0.25) is 0 Å². The van der Waals surface area contributed by atoms with E-state index in [1.54, 1.807) is 0 Å². The third-order valence-electron chi connectivity index (χ3n) is 1.39. The fourth-order valence-electron chi connectivity index (χ4n) is 0.747. The number of nitrogens with two attached hydrogens (primary N) is 2. The highest BCUT2D eigenvalue weighted by molar-refractivity contribution is 4.90. The van der Waals surface area contributed by atoms with Gasteiger partial charge >= 0.3 is 17.1 Å². The first-order chi connectivity index (χ1) is 7.66. The van der Waals surface area contributed by atoms with Crippen LogP contribution in [0.1, 0.15) is 0 Å². The zero-order valence-corrected chi connectivity index (χ0v) is 7.66. The lowest BCUT2D eigenvalue weighted by Crippen LogP contribution is -2.24. The van der Waals surface area contributed by atoms with Crippen LogP contribution in [0.4, 0.5) is 0 Å². The van der Waals surface area contributed by atoms with Crippen LogP contribution in [0, 0.1) is 4.91 Å². The average molecular weight is 228 g/mol. The Morgan fingerprint density at radius 2 is 1.50 bits per heavy atom. The number of aromatic nitrogens is 6. The van der Waals surface area contributed by atoms with Crippen molar-refractivity contribution in [2.45, 2.75) is 0 Å². The molecule has 0 saturated carbocycles. The minimum absolute atomic E-state index is 0.266. The lowest BCUT2D eigenvalue weighted by atomic mass is 11.1. The van der Waals surface area contributed by atoms with Crippen molar-refractivity contribution in [1.29, 1.82) is 0 Å². The molecule has 0 unspecified atom stereocenters. The van der Waals surface area contributed by atoms with E-state index >= 15 is 0 Å². The first-order valence-electron chi connectivity index (χ1n) is 3.80. The van der Waals surface area contributed by atoms with E-state index in [0.29, 0.717) is 0 Å². The van der Waals surface area contributed by atoms with Crippen LogP contribution in [0.3, 0.4) is 0 Å². The quantitative estimate of drug-likeness (QED) is 0.422. The van der Waals surface area contributed by atoms with Crippen LogP contribution in [0.5, 0.6) is 12.0 Å². The summed E-state index contributed by atoms with van der Waals surface area (Å²) in [7, 11) is 0. The SMILES string of the molecule is Nn1cnnc1O[N+](=O)Oc1nncn1N. The van der Waals surface area contributed by atoms with E-state index in [1.807, 2.05) is 0 Å². The van der Waals surface area contributed by atoms with Gasteiger partial charge in [0.2, 0.25) is 0 Å². The van der Waals surface area contributed by atoms with Crippen LogP contribution >= 0.6 is 0 Å². The molecule has 4 N–H and O–H groups in total. The van der Waals surface area contributed by atoms with Crippen molar-refractivity contribution in [2.24, 2.45) is 0 Å².